The molecule has 3 N–H and O–H groups in total. The monoisotopic (exact) mass is 482 g/mol. The van der Waals surface area contributed by atoms with Crippen LogP contribution in [0, 0.1) is 5.92 Å². The maximum atomic E-state index is 13.2. The zero-order chi connectivity index (χ0) is 24.5. The van der Waals surface area contributed by atoms with E-state index in [1.807, 2.05) is 42.7 Å². The third-order valence-electron chi connectivity index (χ3n) is 6.59. The molecule has 0 radical (unpaired) electrons. The Hall–Kier alpha value is -4.24. The van der Waals surface area contributed by atoms with Crippen LogP contribution >= 0.6 is 0 Å². The lowest BCUT2D eigenvalue weighted by Crippen LogP contribution is -2.36. The number of aromatic nitrogens is 3. The molecular weight excluding hydrogens is 456 g/mol. The first-order valence-electron chi connectivity index (χ1n) is 12.1. The second kappa shape index (κ2) is 9.43. The Kier molecular flexibility index (Phi) is 5.82. The molecule has 6 rings (SSSR count). The average Bonchev–Trinajstić information content (AvgIpc) is 3.69. The number of nitrogens with one attached hydrogen (secondary N) is 3. The van der Waals surface area contributed by atoms with Crippen LogP contribution in [-0.2, 0) is 9.53 Å². The molecule has 0 bridgehead atoms. The molecule has 3 heterocycles. The summed E-state index contributed by atoms with van der Waals surface area (Å²) in [5, 5.41) is 13.8. The summed E-state index contributed by atoms with van der Waals surface area (Å²) in [5.74, 6) is -0.301. The number of amides is 2. The molecule has 9 heteroatoms. The van der Waals surface area contributed by atoms with Gasteiger partial charge in [0.1, 0.15) is 0 Å². The molecule has 1 aliphatic carbocycles. The Morgan fingerprint density at radius 1 is 0.944 bits per heavy atom. The van der Waals surface area contributed by atoms with Gasteiger partial charge >= 0.3 is 0 Å². The van der Waals surface area contributed by atoms with Crippen molar-refractivity contribution < 1.29 is 14.3 Å². The van der Waals surface area contributed by atoms with Gasteiger partial charge in [-0.3, -0.25) is 19.7 Å². The molecular formula is C27H26N6O3. The summed E-state index contributed by atoms with van der Waals surface area (Å²) in [6.07, 6.45) is 5.51. The fourth-order valence-electron chi connectivity index (χ4n) is 4.41. The molecule has 0 unspecified atom stereocenters. The maximum Gasteiger partial charge on any atom is 0.276 e. The highest BCUT2D eigenvalue weighted by atomic mass is 16.5. The van der Waals surface area contributed by atoms with Crippen molar-refractivity contribution in [3.63, 3.8) is 0 Å². The minimum Gasteiger partial charge on any atom is -0.378 e. The van der Waals surface area contributed by atoms with E-state index in [-0.39, 0.29) is 23.4 Å². The number of fused-ring (bicyclic) bond motifs is 1. The smallest absolute Gasteiger partial charge is 0.276 e. The number of benzene rings is 2. The lowest BCUT2D eigenvalue weighted by molar-refractivity contribution is -0.117. The zero-order valence-corrected chi connectivity index (χ0v) is 19.7. The molecule has 0 spiro atoms. The van der Waals surface area contributed by atoms with E-state index in [9.17, 15) is 9.59 Å². The first kappa shape index (κ1) is 22.2. The molecule has 2 aliphatic rings. The highest BCUT2D eigenvalue weighted by Gasteiger charge is 2.30. The molecule has 1 saturated heterocycles. The van der Waals surface area contributed by atoms with Crippen LogP contribution in [0.1, 0.15) is 23.3 Å². The number of hydrogen-bond acceptors (Lipinski definition) is 6. The van der Waals surface area contributed by atoms with Crippen molar-refractivity contribution in [2.24, 2.45) is 5.92 Å². The van der Waals surface area contributed by atoms with Crippen LogP contribution in [0.2, 0.25) is 0 Å². The number of ether oxygens (including phenoxy) is 1. The van der Waals surface area contributed by atoms with E-state index >= 15 is 0 Å². The zero-order valence-electron chi connectivity index (χ0n) is 19.7. The van der Waals surface area contributed by atoms with Crippen molar-refractivity contribution in [3.05, 3.63) is 66.6 Å². The van der Waals surface area contributed by atoms with Gasteiger partial charge < -0.3 is 20.3 Å². The summed E-state index contributed by atoms with van der Waals surface area (Å²) in [7, 11) is 0. The second-order valence-electron chi connectivity index (χ2n) is 9.13. The van der Waals surface area contributed by atoms with Gasteiger partial charge in [0.25, 0.3) is 5.91 Å². The molecule has 1 aliphatic heterocycles. The first-order valence-corrected chi connectivity index (χ1v) is 12.1. The van der Waals surface area contributed by atoms with Gasteiger partial charge in [0.05, 0.1) is 42.0 Å². The van der Waals surface area contributed by atoms with Crippen LogP contribution in [0.25, 0.3) is 22.0 Å². The summed E-state index contributed by atoms with van der Waals surface area (Å²) in [4.78, 5) is 32.2. The van der Waals surface area contributed by atoms with Crippen molar-refractivity contribution in [2.45, 2.75) is 12.8 Å². The second-order valence-corrected chi connectivity index (χ2v) is 9.13. The first-order chi connectivity index (χ1) is 17.7. The predicted molar refractivity (Wildman–Crippen MR) is 138 cm³/mol. The highest BCUT2D eigenvalue weighted by Crippen LogP contribution is 2.32. The summed E-state index contributed by atoms with van der Waals surface area (Å²) >= 11 is 0. The topological polar surface area (TPSA) is 112 Å². The summed E-state index contributed by atoms with van der Waals surface area (Å²) in [6.45, 7) is 3.08. The quantitative estimate of drug-likeness (QED) is 0.382. The van der Waals surface area contributed by atoms with Crippen molar-refractivity contribution >= 4 is 39.8 Å². The van der Waals surface area contributed by atoms with Gasteiger partial charge in [-0.05, 0) is 48.7 Å². The van der Waals surface area contributed by atoms with Crippen LogP contribution in [0.3, 0.4) is 0 Å². The number of carbonyl (C=O) groups is 2. The Morgan fingerprint density at radius 2 is 1.72 bits per heavy atom. The molecule has 2 aromatic heterocycles. The van der Waals surface area contributed by atoms with Crippen molar-refractivity contribution in [3.8, 4) is 11.1 Å². The van der Waals surface area contributed by atoms with E-state index in [4.69, 9.17) is 4.74 Å². The standard InChI is InChI=1S/C27H26N6O3/c34-26(17-5-6-17)29-23-3-1-2-4-24(23)30-27(35)25-21-14-18(7-8-22(21)31-32-25)19-13-20(16-28-15-19)33-9-11-36-12-10-33/h1-4,7-8,13-17H,5-6,9-12H2,(H,29,34)(H,30,35)(H,31,32). The van der Waals surface area contributed by atoms with Crippen molar-refractivity contribution in [1.82, 2.24) is 15.2 Å². The highest BCUT2D eigenvalue weighted by molar-refractivity contribution is 6.13. The number of morpholine rings is 1. The number of hydrogen-bond donors (Lipinski definition) is 3. The Morgan fingerprint density at radius 3 is 2.50 bits per heavy atom. The van der Waals surface area contributed by atoms with Gasteiger partial charge in [-0.1, -0.05) is 18.2 Å². The van der Waals surface area contributed by atoms with Gasteiger partial charge in [-0.15, -0.1) is 0 Å². The van der Waals surface area contributed by atoms with Crippen LogP contribution in [0.5, 0.6) is 0 Å². The molecule has 2 amide bonds. The van der Waals surface area contributed by atoms with E-state index in [0.717, 1.165) is 48.3 Å². The van der Waals surface area contributed by atoms with Crippen molar-refractivity contribution in [2.75, 3.05) is 41.8 Å². The minimum absolute atomic E-state index is 0.0144. The molecule has 2 aromatic carbocycles. The fraction of sp³-hybridized carbons (Fsp3) is 0.259. The lowest BCUT2D eigenvalue weighted by atomic mass is 10.0. The third-order valence-corrected chi connectivity index (χ3v) is 6.59. The van der Waals surface area contributed by atoms with Gasteiger partial charge in [-0.2, -0.15) is 5.10 Å². The van der Waals surface area contributed by atoms with E-state index in [1.165, 1.54) is 0 Å². The maximum absolute atomic E-state index is 13.2. The number of carbonyl (C=O) groups excluding carboxylic acids is 2. The number of anilines is 3. The molecule has 0 atom stereocenters. The number of pyridine rings is 1. The SMILES string of the molecule is O=C(Nc1ccccc1NC(=O)C1CC1)c1n[nH]c2ccc(-c3cncc(N4CCOCC4)c3)cc12. The van der Waals surface area contributed by atoms with Crippen LogP contribution < -0.4 is 15.5 Å². The molecule has 1 saturated carbocycles. The van der Waals surface area contributed by atoms with Gasteiger partial charge in [0.15, 0.2) is 5.69 Å². The molecule has 2 fully saturated rings. The van der Waals surface area contributed by atoms with Crippen LogP contribution in [0.15, 0.2) is 60.9 Å². The molecule has 4 aromatic rings. The fourth-order valence-corrected chi connectivity index (χ4v) is 4.41. The number of H-pyrrole nitrogens is 1. The predicted octanol–water partition coefficient (Wildman–Crippen LogP) is 4.06. The Balaban J connectivity index is 1.26. The van der Waals surface area contributed by atoms with Gasteiger partial charge in [0.2, 0.25) is 5.91 Å². The average molecular weight is 483 g/mol. The van der Waals surface area contributed by atoms with Crippen LogP contribution in [0.4, 0.5) is 17.1 Å². The summed E-state index contributed by atoms with van der Waals surface area (Å²) in [5.41, 5.74) is 5.11. The molecule has 9 nitrogen and oxygen atoms in total. The Labute approximate surface area is 207 Å². The molecule has 36 heavy (non-hydrogen) atoms. The van der Waals surface area contributed by atoms with Crippen molar-refractivity contribution in [1.29, 1.82) is 0 Å². The molecule has 182 valence electrons. The lowest BCUT2D eigenvalue weighted by Gasteiger charge is -2.28. The van der Waals surface area contributed by atoms with E-state index in [2.05, 4.69) is 36.8 Å². The van der Waals surface area contributed by atoms with E-state index < -0.39 is 0 Å². The number of rotatable bonds is 6. The number of nitrogens with zero attached hydrogens (tertiary/aromatic N) is 3. The third kappa shape index (κ3) is 4.52. The minimum atomic E-state index is -0.355. The Bertz CT molecular complexity index is 1440. The van der Waals surface area contributed by atoms with E-state index in [0.29, 0.717) is 30.0 Å². The normalized spacial score (nSPS) is 15.6. The number of para-hydroxylation sites is 2. The van der Waals surface area contributed by atoms with Crippen LogP contribution in [-0.4, -0.2) is 53.3 Å². The van der Waals surface area contributed by atoms with Gasteiger partial charge in [0, 0.05) is 36.2 Å². The largest absolute Gasteiger partial charge is 0.378 e. The van der Waals surface area contributed by atoms with Gasteiger partial charge in [-0.25, -0.2) is 0 Å². The number of aromatic amines is 1. The summed E-state index contributed by atoms with van der Waals surface area (Å²) in [6, 6.07) is 15.2. The summed E-state index contributed by atoms with van der Waals surface area (Å²) < 4.78 is 5.46. The van der Waals surface area contributed by atoms with E-state index in [1.54, 1.807) is 12.1 Å².